The van der Waals surface area contributed by atoms with Gasteiger partial charge in [-0.2, -0.15) is 0 Å². The maximum absolute atomic E-state index is 10.3. The van der Waals surface area contributed by atoms with Gasteiger partial charge in [0.25, 0.3) is 0 Å². The minimum Gasteiger partial charge on any atom is -0.748 e. The van der Waals surface area contributed by atoms with E-state index >= 15 is 0 Å². The molecule has 0 atom stereocenters. The zero-order valence-electron chi connectivity index (χ0n) is 42.1. The third kappa shape index (κ3) is 91.4. The van der Waals surface area contributed by atoms with Gasteiger partial charge in [0.05, 0.1) is 40.5 Å². The molecule has 0 unspecified atom stereocenters. The van der Waals surface area contributed by atoms with Crippen LogP contribution in [-0.2, 0) is 66.7 Å². The monoisotopic (exact) mass is 1090 g/mol. The predicted molar refractivity (Wildman–Crippen MR) is 266 cm³/mol. The summed E-state index contributed by atoms with van der Waals surface area (Å²) in [6.07, 6.45) is 45.8. The van der Waals surface area contributed by atoms with Gasteiger partial charge in [-0.05, 0) is 25.7 Å². The van der Waals surface area contributed by atoms with Crippen molar-refractivity contribution in [1.82, 2.24) is 0 Å². The van der Waals surface area contributed by atoms with Gasteiger partial charge in [-0.25, -0.2) is 33.7 Å². The van der Waals surface area contributed by atoms with Crippen molar-refractivity contribution in [2.45, 2.75) is 285 Å². The third-order valence-electron chi connectivity index (χ3n) is 11.0. The van der Waals surface area contributed by atoms with Crippen LogP contribution in [0.25, 0.3) is 0 Å². The number of hydrogen-bond acceptors (Lipinski definition) is 12. The SMILES string of the molecule is CCCCCCCCCCCCS(=O)(=O)[O-].CCCCCCCCCCCCS(=O)(=O)[O-].CCCCCCCCCCCCS(=O)(=O)[O-].CCCCCCCCCCCCS(=O)(=O)[O-].[Zr+4]. The normalized spacial score (nSPS) is 11.7. The Balaban J connectivity index is -0.000000245. The van der Waals surface area contributed by atoms with E-state index in [2.05, 4.69) is 27.7 Å². The quantitative estimate of drug-likeness (QED) is 0.0410. The van der Waals surface area contributed by atoms with Crippen molar-refractivity contribution in [2.24, 2.45) is 0 Å². The van der Waals surface area contributed by atoms with Gasteiger partial charge in [0.15, 0.2) is 0 Å². The van der Waals surface area contributed by atoms with E-state index in [1.54, 1.807) is 0 Å². The Morgan fingerprint density at radius 3 is 0.385 bits per heavy atom. The van der Waals surface area contributed by atoms with Gasteiger partial charge in [-0.15, -0.1) is 0 Å². The van der Waals surface area contributed by atoms with E-state index in [-0.39, 0.29) is 49.2 Å². The smallest absolute Gasteiger partial charge is 0.748 e. The molecule has 0 radical (unpaired) electrons. The Kier molecular flexibility index (Phi) is 63.5. The molecule has 0 saturated heterocycles. The van der Waals surface area contributed by atoms with E-state index in [9.17, 15) is 51.9 Å². The molecule has 0 aliphatic rings. The molecule has 0 rings (SSSR count). The number of hydrogen-bond donors (Lipinski definition) is 0. The predicted octanol–water partition coefficient (Wildman–Crippen LogP) is 13.8. The summed E-state index contributed by atoms with van der Waals surface area (Å²) in [6, 6.07) is 0. The second-order valence-corrected chi connectivity index (χ2v) is 23.9. The van der Waals surface area contributed by atoms with Crippen LogP contribution in [0.1, 0.15) is 285 Å². The maximum atomic E-state index is 10.3. The van der Waals surface area contributed by atoms with E-state index in [1.165, 1.54) is 180 Å². The first-order valence-corrected chi connectivity index (χ1v) is 32.3. The molecular formula is C48H100O12S4Zr. The van der Waals surface area contributed by atoms with E-state index in [1.807, 2.05) is 0 Å². The summed E-state index contributed by atoms with van der Waals surface area (Å²) in [5, 5.41) is 0. The molecule has 0 heterocycles. The van der Waals surface area contributed by atoms with Crippen LogP contribution in [0.5, 0.6) is 0 Å². The molecule has 0 aliphatic carbocycles. The molecular weight excluding hydrogens is 988 g/mol. The fourth-order valence-corrected chi connectivity index (χ4v) is 9.30. The second-order valence-electron chi connectivity index (χ2n) is 17.8. The van der Waals surface area contributed by atoms with Crippen molar-refractivity contribution >= 4 is 40.5 Å². The molecule has 0 aromatic carbocycles. The van der Waals surface area contributed by atoms with Crippen LogP contribution in [0, 0.1) is 0 Å². The number of rotatable bonds is 44. The minimum absolute atomic E-state index is 0. The molecule has 0 aliphatic heterocycles. The molecule has 17 heteroatoms. The molecule has 392 valence electrons. The Morgan fingerprint density at radius 2 is 0.292 bits per heavy atom. The molecule has 0 N–H and O–H groups in total. The van der Waals surface area contributed by atoms with Gasteiger partial charge in [0.1, 0.15) is 0 Å². The molecule has 12 nitrogen and oxygen atoms in total. The maximum Gasteiger partial charge on any atom is 4.00 e. The average Bonchev–Trinajstić information content (AvgIpc) is 3.20. The van der Waals surface area contributed by atoms with Crippen LogP contribution in [0.2, 0.25) is 0 Å². The van der Waals surface area contributed by atoms with Crippen LogP contribution in [-0.4, -0.2) is 74.9 Å². The third-order valence-corrected chi connectivity index (χ3v) is 14.1. The average molecular weight is 1090 g/mol. The van der Waals surface area contributed by atoms with E-state index in [0.29, 0.717) is 25.7 Å². The Hall–Kier alpha value is 0.523. The van der Waals surface area contributed by atoms with Gasteiger partial charge >= 0.3 is 26.2 Å². The van der Waals surface area contributed by atoms with Gasteiger partial charge in [-0.1, -0.05) is 259 Å². The van der Waals surface area contributed by atoms with Crippen LogP contribution in [0.15, 0.2) is 0 Å². The summed E-state index contributed by atoms with van der Waals surface area (Å²) in [5.74, 6) is -0.764. The molecule has 0 bridgehead atoms. The number of unbranched alkanes of at least 4 members (excludes halogenated alkanes) is 36. The molecule has 0 spiro atoms. The summed E-state index contributed by atoms with van der Waals surface area (Å²) in [4.78, 5) is 0. The van der Waals surface area contributed by atoms with Crippen LogP contribution < -0.4 is 0 Å². The van der Waals surface area contributed by atoms with Crippen molar-refractivity contribution < 1.29 is 78.1 Å². The fraction of sp³-hybridized carbons (Fsp3) is 1.00. The first-order chi connectivity index (χ1) is 30.2. The van der Waals surface area contributed by atoms with Gasteiger partial charge in [-0.3, -0.25) is 0 Å². The van der Waals surface area contributed by atoms with Gasteiger partial charge < -0.3 is 18.2 Å². The second kappa shape index (κ2) is 55.5. The standard InChI is InChI=1S/4C12H26O3S.Zr/c4*1-2-3-4-5-6-7-8-9-10-11-12-16(13,14)15;/h4*2-12H2,1H3,(H,13,14,15);/q;;;;+4/p-4. The molecule has 65 heavy (non-hydrogen) atoms. The first kappa shape index (κ1) is 74.5. The molecule has 0 aromatic rings. The molecule has 0 fully saturated rings. The Bertz CT molecular complexity index is 1150. The van der Waals surface area contributed by atoms with E-state index in [4.69, 9.17) is 0 Å². The molecule has 0 amide bonds. The largest absolute Gasteiger partial charge is 4.00 e. The zero-order valence-corrected chi connectivity index (χ0v) is 47.9. The van der Waals surface area contributed by atoms with Crippen LogP contribution >= 0.6 is 0 Å². The van der Waals surface area contributed by atoms with Crippen LogP contribution in [0.4, 0.5) is 0 Å². The first-order valence-electron chi connectivity index (χ1n) is 26.0. The summed E-state index contributed by atoms with van der Waals surface area (Å²) >= 11 is 0. The summed E-state index contributed by atoms with van der Waals surface area (Å²) in [7, 11) is -15.9. The van der Waals surface area contributed by atoms with Crippen molar-refractivity contribution in [3.05, 3.63) is 0 Å². The van der Waals surface area contributed by atoms with Crippen molar-refractivity contribution in [3.8, 4) is 0 Å². The Morgan fingerprint density at radius 1 is 0.200 bits per heavy atom. The molecule has 0 saturated carbocycles. The van der Waals surface area contributed by atoms with E-state index in [0.717, 1.165) is 51.4 Å². The summed E-state index contributed by atoms with van der Waals surface area (Å²) in [5.41, 5.74) is 0. The Labute approximate surface area is 423 Å². The fourth-order valence-electron chi connectivity index (χ4n) is 7.07. The van der Waals surface area contributed by atoms with Crippen LogP contribution in [0.3, 0.4) is 0 Å². The van der Waals surface area contributed by atoms with Gasteiger partial charge in [0, 0.05) is 23.0 Å². The van der Waals surface area contributed by atoms with Crippen molar-refractivity contribution in [1.29, 1.82) is 0 Å². The summed E-state index contributed by atoms with van der Waals surface area (Å²) < 4.78 is 124. The van der Waals surface area contributed by atoms with Crippen molar-refractivity contribution in [3.63, 3.8) is 0 Å². The molecule has 0 aromatic heterocycles. The zero-order chi connectivity index (χ0) is 49.1. The minimum atomic E-state index is -3.98. The topological polar surface area (TPSA) is 229 Å². The van der Waals surface area contributed by atoms with Crippen molar-refractivity contribution in [2.75, 3.05) is 23.0 Å². The van der Waals surface area contributed by atoms with Gasteiger partial charge in [0.2, 0.25) is 0 Å². The summed E-state index contributed by atoms with van der Waals surface area (Å²) in [6.45, 7) is 8.85. The van der Waals surface area contributed by atoms with E-state index < -0.39 is 40.5 Å².